The molecule has 0 aliphatic heterocycles. The van der Waals surface area contributed by atoms with E-state index < -0.39 is 0 Å². The van der Waals surface area contributed by atoms with E-state index in [1.807, 2.05) is 41.1 Å². The van der Waals surface area contributed by atoms with Crippen LogP contribution in [-0.2, 0) is 0 Å². The van der Waals surface area contributed by atoms with E-state index in [0.29, 0.717) is 5.78 Å². The summed E-state index contributed by atoms with van der Waals surface area (Å²) in [6, 6.07) is 7.51. The molecule has 3 rings (SSSR count). The van der Waals surface area contributed by atoms with Crippen LogP contribution in [-0.4, -0.2) is 28.6 Å². The lowest BCUT2D eigenvalue weighted by atomic mass is 10.1. The highest BCUT2D eigenvalue weighted by Crippen LogP contribution is 2.37. The van der Waals surface area contributed by atoms with Crippen LogP contribution in [0.25, 0.3) is 17.0 Å². The summed E-state index contributed by atoms with van der Waals surface area (Å²) < 4.78 is 12.6. The number of imidazole rings is 1. The number of hydrogen-bond donors (Lipinski definition) is 0. The summed E-state index contributed by atoms with van der Waals surface area (Å²) in [4.78, 5) is 8.70. The second kappa shape index (κ2) is 4.61. The van der Waals surface area contributed by atoms with Gasteiger partial charge in [0.15, 0.2) is 0 Å². The Kier molecular flexibility index (Phi) is 2.79. The van der Waals surface area contributed by atoms with Crippen molar-refractivity contribution in [2.45, 2.75) is 0 Å². The molecule has 0 saturated heterocycles. The van der Waals surface area contributed by atoms with Crippen LogP contribution in [0.1, 0.15) is 0 Å². The first-order valence-electron chi connectivity index (χ1n) is 5.84. The van der Waals surface area contributed by atoms with Gasteiger partial charge < -0.3 is 9.47 Å². The number of nitrogens with zero attached hydrogens (tertiary/aromatic N) is 3. The van der Waals surface area contributed by atoms with Crippen LogP contribution in [0.5, 0.6) is 11.5 Å². The molecule has 0 radical (unpaired) electrons. The molecule has 1 aromatic carbocycles. The van der Waals surface area contributed by atoms with Crippen molar-refractivity contribution in [2.75, 3.05) is 14.2 Å². The molecule has 0 amide bonds. The van der Waals surface area contributed by atoms with Gasteiger partial charge >= 0.3 is 0 Å². The van der Waals surface area contributed by atoms with Crippen molar-refractivity contribution in [1.29, 1.82) is 0 Å². The lowest BCUT2D eigenvalue weighted by molar-refractivity contribution is 0.397. The normalized spacial score (nSPS) is 10.6. The summed E-state index contributed by atoms with van der Waals surface area (Å²) in [7, 11) is 3.26. The molecule has 5 heteroatoms. The zero-order valence-corrected chi connectivity index (χ0v) is 10.7. The number of methoxy groups -OCH3 is 2. The van der Waals surface area contributed by atoms with E-state index in [9.17, 15) is 0 Å². The highest BCUT2D eigenvalue weighted by atomic mass is 16.5. The Bertz CT molecular complexity index is 666. The SMILES string of the molecule is COc1cccc(OC)c1-c1cn2cccnc2n1. The lowest BCUT2D eigenvalue weighted by Crippen LogP contribution is -1.92. The molecule has 5 nitrogen and oxygen atoms in total. The number of fused-ring (bicyclic) bond motifs is 1. The molecular weight excluding hydrogens is 242 g/mol. The third-order valence-corrected chi connectivity index (χ3v) is 2.92. The number of hydrogen-bond acceptors (Lipinski definition) is 4. The zero-order chi connectivity index (χ0) is 13.2. The number of rotatable bonds is 3. The number of ether oxygens (including phenoxy) is 2. The molecule has 0 bridgehead atoms. The van der Waals surface area contributed by atoms with Crippen LogP contribution in [0.3, 0.4) is 0 Å². The molecule has 0 fully saturated rings. The van der Waals surface area contributed by atoms with Crippen LogP contribution in [0.4, 0.5) is 0 Å². The Morgan fingerprint density at radius 2 is 1.79 bits per heavy atom. The van der Waals surface area contributed by atoms with Gasteiger partial charge in [0.2, 0.25) is 5.78 Å². The van der Waals surface area contributed by atoms with Gasteiger partial charge in [0, 0.05) is 18.6 Å². The molecule has 0 aliphatic carbocycles. The minimum Gasteiger partial charge on any atom is -0.496 e. The molecule has 19 heavy (non-hydrogen) atoms. The number of aromatic nitrogens is 3. The monoisotopic (exact) mass is 255 g/mol. The van der Waals surface area contributed by atoms with Crippen molar-refractivity contribution in [3.05, 3.63) is 42.9 Å². The topological polar surface area (TPSA) is 48.7 Å². The fourth-order valence-electron chi connectivity index (χ4n) is 2.05. The van der Waals surface area contributed by atoms with Gasteiger partial charge in [-0.2, -0.15) is 0 Å². The zero-order valence-electron chi connectivity index (χ0n) is 10.7. The van der Waals surface area contributed by atoms with Gasteiger partial charge in [0.05, 0.1) is 25.5 Å². The fourth-order valence-corrected chi connectivity index (χ4v) is 2.05. The first kappa shape index (κ1) is 11.5. The Labute approximate surface area is 110 Å². The molecule has 0 aliphatic rings. The van der Waals surface area contributed by atoms with Gasteiger partial charge in [-0.05, 0) is 18.2 Å². The van der Waals surface area contributed by atoms with Crippen molar-refractivity contribution in [3.8, 4) is 22.8 Å². The third kappa shape index (κ3) is 1.89. The van der Waals surface area contributed by atoms with Gasteiger partial charge in [-0.25, -0.2) is 9.97 Å². The van der Waals surface area contributed by atoms with Crippen molar-refractivity contribution in [2.24, 2.45) is 0 Å². The number of benzene rings is 1. The summed E-state index contributed by atoms with van der Waals surface area (Å²) in [6.45, 7) is 0. The average molecular weight is 255 g/mol. The summed E-state index contributed by atoms with van der Waals surface area (Å²) in [5.41, 5.74) is 1.60. The van der Waals surface area contributed by atoms with Gasteiger partial charge in [-0.1, -0.05) is 6.07 Å². The van der Waals surface area contributed by atoms with Crippen molar-refractivity contribution in [1.82, 2.24) is 14.4 Å². The van der Waals surface area contributed by atoms with E-state index >= 15 is 0 Å². The van der Waals surface area contributed by atoms with E-state index in [2.05, 4.69) is 9.97 Å². The van der Waals surface area contributed by atoms with Crippen LogP contribution in [0.2, 0.25) is 0 Å². The van der Waals surface area contributed by atoms with E-state index in [0.717, 1.165) is 22.8 Å². The van der Waals surface area contributed by atoms with E-state index in [-0.39, 0.29) is 0 Å². The van der Waals surface area contributed by atoms with Crippen LogP contribution in [0.15, 0.2) is 42.9 Å². The minimum absolute atomic E-state index is 0.644. The fraction of sp³-hybridized carbons (Fsp3) is 0.143. The van der Waals surface area contributed by atoms with Gasteiger partial charge in [-0.15, -0.1) is 0 Å². The molecule has 2 aromatic heterocycles. The van der Waals surface area contributed by atoms with E-state index in [1.54, 1.807) is 20.4 Å². The standard InChI is InChI=1S/C14H13N3O2/c1-18-11-5-3-6-12(19-2)13(11)10-9-17-8-4-7-15-14(17)16-10/h3-9H,1-2H3. The van der Waals surface area contributed by atoms with Crippen LogP contribution >= 0.6 is 0 Å². The third-order valence-electron chi connectivity index (χ3n) is 2.92. The first-order chi connectivity index (χ1) is 9.33. The predicted octanol–water partition coefficient (Wildman–Crippen LogP) is 2.41. The molecule has 0 spiro atoms. The summed E-state index contributed by atoms with van der Waals surface area (Å²) in [6.07, 6.45) is 5.52. The summed E-state index contributed by atoms with van der Waals surface area (Å²) in [5, 5.41) is 0. The summed E-state index contributed by atoms with van der Waals surface area (Å²) >= 11 is 0. The van der Waals surface area contributed by atoms with Gasteiger partial charge in [0.25, 0.3) is 0 Å². The lowest BCUT2D eigenvalue weighted by Gasteiger charge is -2.10. The van der Waals surface area contributed by atoms with Crippen LogP contribution in [0, 0.1) is 0 Å². The Hall–Kier alpha value is -2.56. The molecule has 0 saturated carbocycles. The highest BCUT2D eigenvalue weighted by Gasteiger charge is 2.15. The minimum atomic E-state index is 0.644. The smallest absolute Gasteiger partial charge is 0.234 e. The molecule has 2 heterocycles. The predicted molar refractivity (Wildman–Crippen MR) is 71.5 cm³/mol. The average Bonchev–Trinajstić information content (AvgIpc) is 2.89. The maximum Gasteiger partial charge on any atom is 0.234 e. The van der Waals surface area contributed by atoms with E-state index in [4.69, 9.17) is 9.47 Å². The second-order valence-corrected chi connectivity index (χ2v) is 3.99. The molecule has 3 aromatic rings. The van der Waals surface area contributed by atoms with Crippen molar-refractivity contribution < 1.29 is 9.47 Å². The molecule has 0 atom stereocenters. The van der Waals surface area contributed by atoms with E-state index in [1.165, 1.54) is 0 Å². The quantitative estimate of drug-likeness (QED) is 0.721. The maximum absolute atomic E-state index is 5.39. The largest absolute Gasteiger partial charge is 0.496 e. The molecule has 96 valence electrons. The maximum atomic E-state index is 5.39. The summed E-state index contributed by atoms with van der Waals surface area (Å²) in [5.74, 6) is 2.09. The van der Waals surface area contributed by atoms with Crippen molar-refractivity contribution >= 4 is 5.78 Å². The molecule has 0 N–H and O–H groups in total. The second-order valence-electron chi connectivity index (χ2n) is 3.99. The molecular formula is C14H13N3O2. The van der Waals surface area contributed by atoms with Crippen LogP contribution < -0.4 is 9.47 Å². The molecule has 0 unspecified atom stereocenters. The van der Waals surface area contributed by atoms with Crippen molar-refractivity contribution in [3.63, 3.8) is 0 Å². The Balaban J connectivity index is 2.25. The Morgan fingerprint density at radius 1 is 1.05 bits per heavy atom. The van der Waals surface area contributed by atoms with Gasteiger partial charge in [-0.3, -0.25) is 4.40 Å². The first-order valence-corrected chi connectivity index (χ1v) is 5.84. The Morgan fingerprint density at radius 3 is 2.42 bits per heavy atom. The highest BCUT2D eigenvalue weighted by molar-refractivity contribution is 5.75. The van der Waals surface area contributed by atoms with Gasteiger partial charge in [0.1, 0.15) is 11.5 Å².